The Morgan fingerprint density at radius 1 is 1.50 bits per heavy atom. The van der Waals surface area contributed by atoms with E-state index in [1.165, 1.54) is 25.7 Å². The summed E-state index contributed by atoms with van der Waals surface area (Å²) in [5, 5.41) is 15.8. The maximum Gasteiger partial charge on any atom is 0.170 e. The highest BCUT2D eigenvalue weighted by Crippen LogP contribution is 2.48. The van der Waals surface area contributed by atoms with Gasteiger partial charge in [0, 0.05) is 23.7 Å². The molecule has 0 aromatic heterocycles. The van der Waals surface area contributed by atoms with Crippen LogP contribution in [0.5, 0.6) is 0 Å². The summed E-state index contributed by atoms with van der Waals surface area (Å²) in [6.45, 7) is 4.04. The molecule has 1 fully saturated rings. The average Bonchev–Trinajstić information content (AvgIpc) is 3.20. The first kappa shape index (κ1) is 15.1. The molecular weight excluding hydrogens is 274 g/mol. The molecule has 0 unspecified atom stereocenters. The van der Waals surface area contributed by atoms with E-state index in [4.69, 9.17) is 22.5 Å². The number of oxime groups is 1. The van der Waals surface area contributed by atoms with E-state index in [9.17, 15) is 0 Å². The van der Waals surface area contributed by atoms with Gasteiger partial charge in [-0.15, -0.1) is 0 Å². The summed E-state index contributed by atoms with van der Waals surface area (Å²) in [6, 6.07) is 5.46. The standard InChI is InChI=1S/C15H22ClN3O/c1-2-5-15(6-7-15)10-18-9-12-4-3-11(8-13(12)16)14(17)19-20/h3-4,8,18,20H,2,5-7,9-10H2,1H3,(H2,17,19). The number of nitrogens with one attached hydrogen (secondary N) is 1. The van der Waals surface area contributed by atoms with Crippen molar-refractivity contribution in [2.24, 2.45) is 16.3 Å². The molecule has 0 saturated heterocycles. The largest absolute Gasteiger partial charge is 0.409 e. The van der Waals surface area contributed by atoms with Crippen molar-refractivity contribution in [2.45, 2.75) is 39.2 Å². The van der Waals surface area contributed by atoms with E-state index in [1.807, 2.05) is 12.1 Å². The van der Waals surface area contributed by atoms with Gasteiger partial charge in [-0.2, -0.15) is 0 Å². The first-order valence-electron chi connectivity index (χ1n) is 7.07. The first-order valence-corrected chi connectivity index (χ1v) is 7.45. The molecule has 4 nitrogen and oxygen atoms in total. The van der Waals surface area contributed by atoms with Gasteiger partial charge in [0.1, 0.15) is 0 Å². The van der Waals surface area contributed by atoms with Crippen molar-refractivity contribution in [2.75, 3.05) is 6.54 Å². The fourth-order valence-electron chi connectivity index (χ4n) is 2.59. The number of rotatable bonds is 7. The van der Waals surface area contributed by atoms with Crippen LogP contribution in [0.15, 0.2) is 23.4 Å². The predicted molar refractivity (Wildman–Crippen MR) is 82.2 cm³/mol. The minimum atomic E-state index is 0.0753. The van der Waals surface area contributed by atoms with E-state index in [0.717, 1.165) is 18.7 Å². The average molecular weight is 296 g/mol. The normalized spacial score (nSPS) is 17.2. The van der Waals surface area contributed by atoms with E-state index in [2.05, 4.69) is 17.4 Å². The lowest BCUT2D eigenvalue weighted by molar-refractivity contribution is 0.318. The molecule has 1 aromatic carbocycles. The number of nitrogens with zero attached hydrogens (tertiary/aromatic N) is 1. The van der Waals surface area contributed by atoms with Gasteiger partial charge in [-0.1, -0.05) is 42.2 Å². The van der Waals surface area contributed by atoms with Crippen molar-refractivity contribution in [3.8, 4) is 0 Å². The molecule has 0 radical (unpaired) electrons. The molecule has 20 heavy (non-hydrogen) atoms. The van der Waals surface area contributed by atoms with Gasteiger partial charge in [-0.25, -0.2) is 0 Å². The number of amidine groups is 1. The zero-order chi connectivity index (χ0) is 14.6. The summed E-state index contributed by atoms with van der Waals surface area (Å²) < 4.78 is 0. The fourth-order valence-corrected chi connectivity index (χ4v) is 2.84. The fraction of sp³-hybridized carbons (Fsp3) is 0.533. The molecule has 1 aromatic rings. The number of nitrogens with two attached hydrogens (primary N) is 1. The third kappa shape index (κ3) is 3.64. The maximum absolute atomic E-state index is 8.64. The second-order valence-electron chi connectivity index (χ2n) is 5.64. The second-order valence-corrected chi connectivity index (χ2v) is 6.05. The van der Waals surface area contributed by atoms with Gasteiger partial charge < -0.3 is 16.3 Å². The smallest absolute Gasteiger partial charge is 0.170 e. The topological polar surface area (TPSA) is 70.6 Å². The Bertz CT molecular complexity index is 498. The maximum atomic E-state index is 8.64. The van der Waals surface area contributed by atoms with Crippen molar-refractivity contribution >= 4 is 17.4 Å². The molecule has 0 bridgehead atoms. The van der Waals surface area contributed by atoms with Crippen LogP contribution in [0.1, 0.15) is 43.7 Å². The molecule has 0 spiro atoms. The van der Waals surface area contributed by atoms with Crippen LogP contribution in [0.4, 0.5) is 0 Å². The Morgan fingerprint density at radius 3 is 2.80 bits per heavy atom. The summed E-state index contributed by atoms with van der Waals surface area (Å²) in [5.41, 5.74) is 7.74. The highest BCUT2D eigenvalue weighted by Gasteiger charge is 2.40. The summed E-state index contributed by atoms with van der Waals surface area (Å²) in [4.78, 5) is 0. The van der Waals surface area contributed by atoms with Crippen molar-refractivity contribution in [3.63, 3.8) is 0 Å². The van der Waals surface area contributed by atoms with Crippen LogP contribution in [0, 0.1) is 5.41 Å². The third-order valence-electron chi connectivity index (χ3n) is 4.01. The van der Waals surface area contributed by atoms with Gasteiger partial charge in [-0.05, 0) is 36.3 Å². The molecule has 1 aliphatic rings. The summed E-state index contributed by atoms with van der Waals surface area (Å²) in [5.74, 6) is 0.0753. The Labute approximate surface area is 125 Å². The van der Waals surface area contributed by atoms with Crippen molar-refractivity contribution in [1.29, 1.82) is 0 Å². The van der Waals surface area contributed by atoms with Crippen LogP contribution >= 0.6 is 11.6 Å². The van der Waals surface area contributed by atoms with Gasteiger partial charge in [-0.3, -0.25) is 0 Å². The van der Waals surface area contributed by atoms with Gasteiger partial charge in [0.15, 0.2) is 5.84 Å². The molecule has 0 amide bonds. The minimum absolute atomic E-state index is 0.0753. The van der Waals surface area contributed by atoms with Crippen LogP contribution in [0.25, 0.3) is 0 Å². The lowest BCUT2D eigenvalue weighted by Crippen LogP contribution is -2.23. The van der Waals surface area contributed by atoms with Crippen LogP contribution in [-0.4, -0.2) is 17.6 Å². The van der Waals surface area contributed by atoms with Crippen LogP contribution in [0.3, 0.4) is 0 Å². The van der Waals surface area contributed by atoms with Crippen LogP contribution in [0.2, 0.25) is 5.02 Å². The zero-order valence-electron chi connectivity index (χ0n) is 11.8. The molecular formula is C15H22ClN3O. The van der Waals surface area contributed by atoms with Crippen LogP contribution in [-0.2, 0) is 6.54 Å². The molecule has 1 aliphatic carbocycles. The Balaban J connectivity index is 1.90. The predicted octanol–water partition coefficient (Wildman–Crippen LogP) is 3.10. The lowest BCUT2D eigenvalue weighted by atomic mass is 10.0. The molecule has 0 heterocycles. The summed E-state index contributed by atoms with van der Waals surface area (Å²) >= 11 is 6.23. The van der Waals surface area contributed by atoms with Crippen LogP contribution < -0.4 is 11.1 Å². The van der Waals surface area contributed by atoms with Gasteiger partial charge in [0.25, 0.3) is 0 Å². The molecule has 5 heteroatoms. The van der Waals surface area contributed by atoms with E-state index < -0.39 is 0 Å². The van der Waals surface area contributed by atoms with E-state index in [-0.39, 0.29) is 5.84 Å². The Kier molecular flexibility index (Phi) is 4.89. The zero-order valence-corrected chi connectivity index (χ0v) is 12.6. The number of hydrogen-bond acceptors (Lipinski definition) is 3. The molecule has 4 N–H and O–H groups in total. The Morgan fingerprint density at radius 2 is 2.25 bits per heavy atom. The summed E-state index contributed by atoms with van der Waals surface area (Å²) in [6.07, 6.45) is 5.22. The lowest BCUT2D eigenvalue weighted by Gasteiger charge is -2.15. The monoisotopic (exact) mass is 295 g/mol. The molecule has 0 atom stereocenters. The van der Waals surface area contributed by atoms with Crippen molar-refractivity contribution < 1.29 is 5.21 Å². The van der Waals surface area contributed by atoms with E-state index in [1.54, 1.807) is 6.07 Å². The second kappa shape index (κ2) is 6.46. The summed E-state index contributed by atoms with van der Waals surface area (Å²) in [7, 11) is 0. The number of benzene rings is 1. The molecule has 0 aliphatic heterocycles. The first-order chi connectivity index (χ1) is 9.60. The number of halogens is 1. The number of hydrogen-bond donors (Lipinski definition) is 3. The quantitative estimate of drug-likeness (QED) is 0.313. The SMILES string of the molecule is CCCC1(CNCc2ccc(/C(N)=N/O)cc2Cl)CC1. The molecule has 1 saturated carbocycles. The van der Waals surface area contributed by atoms with Gasteiger partial charge in [0.05, 0.1) is 0 Å². The molecule has 110 valence electrons. The van der Waals surface area contributed by atoms with E-state index in [0.29, 0.717) is 16.0 Å². The third-order valence-corrected chi connectivity index (χ3v) is 4.36. The van der Waals surface area contributed by atoms with Gasteiger partial charge in [0.2, 0.25) is 0 Å². The van der Waals surface area contributed by atoms with E-state index >= 15 is 0 Å². The minimum Gasteiger partial charge on any atom is -0.409 e. The highest BCUT2D eigenvalue weighted by atomic mass is 35.5. The Hall–Kier alpha value is -1.26. The van der Waals surface area contributed by atoms with Crippen molar-refractivity contribution in [3.05, 3.63) is 34.3 Å². The highest BCUT2D eigenvalue weighted by molar-refractivity contribution is 6.31. The van der Waals surface area contributed by atoms with Crippen molar-refractivity contribution in [1.82, 2.24) is 5.32 Å². The molecule has 2 rings (SSSR count). The van der Waals surface area contributed by atoms with Gasteiger partial charge >= 0.3 is 0 Å².